The van der Waals surface area contributed by atoms with Gasteiger partial charge in [0, 0.05) is 13.1 Å². The fraction of sp³-hybridized carbons (Fsp3) is 1.00. The van der Waals surface area contributed by atoms with Gasteiger partial charge in [0.1, 0.15) is 0 Å². The SMILES string of the molecule is CCCCCCCCCCCCCCCCCCNCCN(CCCCC)CCCCCCCCCCCCCCCCCC. The highest BCUT2D eigenvalue weighted by Gasteiger charge is 2.05. The van der Waals surface area contributed by atoms with E-state index in [1.807, 2.05) is 0 Å². The first-order valence-electron chi connectivity index (χ1n) is 21.8. The summed E-state index contributed by atoms with van der Waals surface area (Å²) in [6, 6.07) is 0. The summed E-state index contributed by atoms with van der Waals surface area (Å²) in [4.78, 5) is 2.76. The molecule has 0 unspecified atom stereocenters. The van der Waals surface area contributed by atoms with Crippen molar-refractivity contribution in [3.05, 3.63) is 0 Å². The van der Waals surface area contributed by atoms with E-state index in [1.54, 1.807) is 0 Å². The third-order valence-electron chi connectivity index (χ3n) is 10.2. The molecule has 0 bridgehead atoms. The molecule has 0 aromatic rings. The Labute approximate surface area is 287 Å². The average molecular weight is 635 g/mol. The monoisotopic (exact) mass is 635 g/mol. The van der Waals surface area contributed by atoms with E-state index in [1.165, 1.54) is 257 Å². The highest BCUT2D eigenvalue weighted by atomic mass is 15.1. The van der Waals surface area contributed by atoms with Crippen LogP contribution in [0.4, 0.5) is 0 Å². The number of nitrogens with one attached hydrogen (secondary N) is 1. The first-order valence-corrected chi connectivity index (χ1v) is 21.8. The zero-order chi connectivity index (χ0) is 32.6. The van der Waals surface area contributed by atoms with Crippen LogP contribution in [0.2, 0.25) is 0 Å². The van der Waals surface area contributed by atoms with Crippen molar-refractivity contribution < 1.29 is 0 Å². The Morgan fingerprint density at radius 2 is 0.489 bits per heavy atom. The van der Waals surface area contributed by atoms with Gasteiger partial charge in [0.25, 0.3) is 0 Å². The largest absolute Gasteiger partial charge is 0.315 e. The quantitative estimate of drug-likeness (QED) is 0.0673. The summed E-state index contributed by atoms with van der Waals surface area (Å²) < 4.78 is 0. The van der Waals surface area contributed by atoms with Gasteiger partial charge in [-0.2, -0.15) is 0 Å². The predicted molar refractivity (Wildman–Crippen MR) is 208 cm³/mol. The molecule has 0 rings (SSSR count). The van der Waals surface area contributed by atoms with Crippen LogP contribution < -0.4 is 5.32 Å². The van der Waals surface area contributed by atoms with Gasteiger partial charge in [-0.05, 0) is 38.9 Å². The molecule has 0 saturated heterocycles. The molecule has 0 saturated carbocycles. The van der Waals surface area contributed by atoms with E-state index in [9.17, 15) is 0 Å². The normalized spacial score (nSPS) is 11.7. The molecule has 0 fully saturated rings. The van der Waals surface area contributed by atoms with Gasteiger partial charge < -0.3 is 10.2 Å². The van der Waals surface area contributed by atoms with Crippen molar-refractivity contribution >= 4 is 0 Å². The fourth-order valence-electron chi connectivity index (χ4n) is 6.96. The summed E-state index contributed by atoms with van der Waals surface area (Å²) in [6.07, 6.45) is 50.7. The van der Waals surface area contributed by atoms with Crippen LogP contribution in [0.3, 0.4) is 0 Å². The van der Waals surface area contributed by atoms with Crippen LogP contribution in [0, 0.1) is 0 Å². The van der Waals surface area contributed by atoms with Crippen molar-refractivity contribution in [3.8, 4) is 0 Å². The topological polar surface area (TPSA) is 15.3 Å². The maximum atomic E-state index is 3.77. The molecule has 0 radical (unpaired) electrons. The van der Waals surface area contributed by atoms with Crippen LogP contribution in [0.25, 0.3) is 0 Å². The van der Waals surface area contributed by atoms with E-state index < -0.39 is 0 Å². The molecule has 2 nitrogen and oxygen atoms in total. The Balaban J connectivity index is 3.50. The van der Waals surface area contributed by atoms with Crippen molar-refractivity contribution in [1.29, 1.82) is 0 Å². The molecule has 0 aliphatic rings. The summed E-state index contributed by atoms with van der Waals surface area (Å²) in [6.45, 7) is 13.2. The zero-order valence-electron chi connectivity index (χ0n) is 32.2. The second-order valence-electron chi connectivity index (χ2n) is 14.9. The molecular formula is C43H90N2. The van der Waals surface area contributed by atoms with E-state index in [4.69, 9.17) is 0 Å². The van der Waals surface area contributed by atoms with Crippen LogP contribution in [0.1, 0.15) is 245 Å². The first-order chi connectivity index (χ1) is 22.3. The van der Waals surface area contributed by atoms with Crippen LogP contribution in [0.15, 0.2) is 0 Å². The van der Waals surface area contributed by atoms with E-state index in [0.29, 0.717) is 0 Å². The molecule has 272 valence electrons. The molecule has 1 N–H and O–H groups in total. The van der Waals surface area contributed by atoms with Crippen LogP contribution in [0.5, 0.6) is 0 Å². The molecule has 45 heavy (non-hydrogen) atoms. The second kappa shape index (κ2) is 41.9. The van der Waals surface area contributed by atoms with Crippen molar-refractivity contribution in [1.82, 2.24) is 10.2 Å². The van der Waals surface area contributed by atoms with E-state index >= 15 is 0 Å². The Bertz CT molecular complexity index is 492. The van der Waals surface area contributed by atoms with E-state index in [-0.39, 0.29) is 0 Å². The lowest BCUT2D eigenvalue weighted by molar-refractivity contribution is 0.260. The minimum atomic E-state index is 1.18. The van der Waals surface area contributed by atoms with Crippen LogP contribution >= 0.6 is 0 Å². The van der Waals surface area contributed by atoms with Crippen molar-refractivity contribution in [3.63, 3.8) is 0 Å². The summed E-state index contributed by atoms with van der Waals surface area (Å²) in [7, 11) is 0. The maximum absolute atomic E-state index is 3.77. The van der Waals surface area contributed by atoms with E-state index in [2.05, 4.69) is 31.0 Å². The van der Waals surface area contributed by atoms with Gasteiger partial charge in [0.05, 0.1) is 0 Å². The van der Waals surface area contributed by atoms with Gasteiger partial charge in [-0.15, -0.1) is 0 Å². The van der Waals surface area contributed by atoms with Gasteiger partial charge >= 0.3 is 0 Å². The van der Waals surface area contributed by atoms with E-state index in [0.717, 1.165) is 0 Å². The zero-order valence-corrected chi connectivity index (χ0v) is 32.2. The average Bonchev–Trinajstić information content (AvgIpc) is 3.05. The lowest BCUT2D eigenvalue weighted by Crippen LogP contribution is -2.34. The summed E-state index contributed by atoms with van der Waals surface area (Å²) >= 11 is 0. The highest BCUT2D eigenvalue weighted by molar-refractivity contribution is 4.62. The molecule has 2 heteroatoms. The predicted octanol–water partition coefficient (Wildman–Crippen LogP) is 14.6. The number of hydrogen-bond acceptors (Lipinski definition) is 2. The molecule has 0 atom stereocenters. The Morgan fingerprint density at radius 3 is 0.822 bits per heavy atom. The molecule has 0 amide bonds. The van der Waals surface area contributed by atoms with Crippen LogP contribution in [-0.2, 0) is 0 Å². The molecule has 0 aliphatic heterocycles. The number of rotatable bonds is 41. The van der Waals surface area contributed by atoms with Gasteiger partial charge in [-0.1, -0.05) is 226 Å². The Hall–Kier alpha value is -0.0800. The number of hydrogen-bond donors (Lipinski definition) is 1. The minimum Gasteiger partial charge on any atom is -0.315 e. The first kappa shape index (κ1) is 44.9. The summed E-state index contributed by atoms with van der Waals surface area (Å²) in [5, 5.41) is 3.77. The molecule has 0 aromatic carbocycles. The van der Waals surface area contributed by atoms with Crippen molar-refractivity contribution in [2.45, 2.75) is 245 Å². The van der Waals surface area contributed by atoms with Gasteiger partial charge in [0.15, 0.2) is 0 Å². The lowest BCUT2D eigenvalue weighted by Gasteiger charge is -2.22. The minimum absolute atomic E-state index is 1.18. The standard InChI is InChI=1S/C43H90N2/c1-4-7-10-12-14-16-18-20-22-24-26-28-30-32-34-36-39-44-40-43-45(41-37-9-6-3)42-38-35-33-31-29-27-25-23-21-19-17-15-13-11-8-5-2/h44H,4-43H2,1-3H3. The number of nitrogens with zero attached hydrogens (tertiary/aromatic N) is 1. The lowest BCUT2D eigenvalue weighted by atomic mass is 10.0. The second-order valence-corrected chi connectivity index (χ2v) is 14.9. The molecule has 0 aromatic heterocycles. The van der Waals surface area contributed by atoms with Gasteiger partial charge in [0.2, 0.25) is 0 Å². The van der Waals surface area contributed by atoms with Crippen molar-refractivity contribution in [2.75, 3.05) is 32.7 Å². The Kier molecular flexibility index (Phi) is 41.9. The molecule has 0 heterocycles. The Morgan fingerprint density at radius 1 is 0.244 bits per heavy atom. The summed E-state index contributed by atoms with van der Waals surface area (Å²) in [5.74, 6) is 0. The fourth-order valence-corrected chi connectivity index (χ4v) is 6.96. The summed E-state index contributed by atoms with van der Waals surface area (Å²) in [5.41, 5.74) is 0. The molecular weight excluding hydrogens is 544 g/mol. The third kappa shape index (κ3) is 40.0. The van der Waals surface area contributed by atoms with Gasteiger partial charge in [-0.3, -0.25) is 0 Å². The molecule has 0 aliphatic carbocycles. The number of unbranched alkanes of at least 4 members (excludes halogenated alkanes) is 32. The highest BCUT2D eigenvalue weighted by Crippen LogP contribution is 2.15. The van der Waals surface area contributed by atoms with Crippen LogP contribution in [-0.4, -0.2) is 37.6 Å². The molecule has 0 spiro atoms. The maximum Gasteiger partial charge on any atom is 0.0107 e. The third-order valence-corrected chi connectivity index (χ3v) is 10.2. The smallest absolute Gasteiger partial charge is 0.0107 e. The van der Waals surface area contributed by atoms with Gasteiger partial charge in [-0.25, -0.2) is 0 Å². The van der Waals surface area contributed by atoms with Crippen molar-refractivity contribution in [2.24, 2.45) is 0 Å².